The maximum absolute atomic E-state index is 12.6. The van der Waals surface area contributed by atoms with E-state index in [4.69, 9.17) is 0 Å². The Kier molecular flexibility index (Phi) is 4.68. The van der Waals surface area contributed by atoms with E-state index in [0.29, 0.717) is 38.6 Å². The highest BCUT2D eigenvalue weighted by molar-refractivity contribution is 7.86. The predicted octanol–water partition coefficient (Wildman–Crippen LogP) is 0.785. The first-order valence-corrected chi connectivity index (χ1v) is 10.8. The Morgan fingerprint density at radius 2 is 1.68 bits per heavy atom. The summed E-state index contributed by atoms with van der Waals surface area (Å²) >= 11 is 0. The van der Waals surface area contributed by atoms with Crippen molar-refractivity contribution in [3.05, 3.63) is 27.7 Å². The number of aryl methyl sites for hydroxylation is 2. The average molecular weight is 366 g/mol. The van der Waals surface area contributed by atoms with Crippen LogP contribution in [0.15, 0.2) is 10.9 Å². The van der Waals surface area contributed by atoms with Crippen molar-refractivity contribution in [1.29, 1.82) is 0 Å². The molecule has 0 atom stereocenters. The molecule has 1 aromatic rings. The van der Waals surface area contributed by atoms with Crippen LogP contribution in [0, 0.1) is 5.92 Å². The van der Waals surface area contributed by atoms with Crippen LogP contribution in [-0.2, 0) is 29.6 Å². The third-order valence-electron chi connectivity index (χ3n) is 5.75. The molecule has 0 aromatic carbocycles. The Morgan fingerprint density at radius 1 is 1.00 bits per heavy atom. The zero-order chi connectivity index (χ0) is 17.4. The van der Waals surface area contributed by atoms with Crippen LogP contribution >= 0.6 is 0 Å². The fourth-order valence-corrected chi connectivity index (χ4v) is 5.94. The second kappa shape index (κ2) is 6.81. The first-order valence-electron chi connectivity index (χ1n) is 9.39. The van der Waals surface area contributed by atoms with Crippen molar-refractivity contribution in [3.63, 3.8) is 0 Å². The molecule has 0 bridgehead atoms. The van der Waals surface area contributed by atoms with E-state index in [9.17, 15) is 13.2 Å². The average Bonchev–Trinajstić information content (AvgIpc) is 3.27. The Labute approximate surface area is 148 Å². The summed E-state index contributed by atoms with van der Waals surface area (Å²) in [7, 11) is -3.29. The van der Waals surface area contributed by atoms with Gasteiger partial charge < -0.3 is 0 Å². The minimum Gasteiger partial charge on any atom is -0.268 e. The molecule has 0 unspecified atom stereocenters. The van der Waals surface area contributed by atoms with E-state index in [1.807, 2.05) is 0 Å². The van der Waals surface area contributed by atoms with Gasteiger partial charge in [0.15, 0.2) is 0 Å². The monoisotopic (exact) mass is 366 g/mol. The lowest BCUT2D eigenvalue weighted by Gasteiger charge is -2.33. The maximum atomic E-state index is 12.6. The number of rotatable bonds is 4. The Hall–Kier alpha value is -1.25. The number of aromatic nitrogens is 2. The number of hydrogen-bond acceptors (Lipinski definition) is 4. The minimum atomic E-state index is -3.29. The molecular formula is C17H26N4O3S. The van der Waals surface area contributed by atoms with Gasteiger partial charge in [0, 0.05) is 38.8 Å². The van der Waals surface area contributed by atoms with Crippen molar-refractivity contribution >= 4 is 10.2 Å². The lowest BCUT2D eigenvalue weighted by atomic mass is 9.98. The summed E-state index contributed by atoms with van der Waals surface area (Å²) in [6, 6.07) is 1.74. The quantitative estimate of drug-likeness (QED) is 0.789. The fourth-order valence-electron chi connectivity index (χ4n) is 4.22. The van der Waals surface area contributed by atoms with Gasteiger partial charge in [-0.2, -0.15) is 22.1 Å². The van der Waals surface area contributed by atoms with Gasteiger partial charge in [-0.1, -0.05) is 0 Å². The van der Waals surface area contributed by atoms with Gasteiger partial charge in [-0.15, -0.1) is 0 Å². The van der Waals surface area contributed by atoms with Crippen LogP contribution in [0.25, 0.3) is 0 Å². The van der Waals surface area contributed by atoms with E-state index in [1.165, 1.54) is 0 Å². The molecule has 25 heavy (non-hydrogen) atoms. The first kappa shape index (κ1) is 17.2. The number of nitrogens with zero attached hydrogens (tertiary/aromatic N) is 4. The van der Waals surface area contributed by atoms with Crippen molar-refractivity contribution < 1.29 is 8.42 Å². The van der Waals surface area contributed by atoms with Gasteiger partial charge in [0.25, 0.3) is 15.8 Å². The van der Waals surface area contributed by atoms with E-state index in [-0.39, 0.29) is 5.56 Å². The molecule has 0 amide bonds. The van der Waals surface area contributed by atoms with E-state index in [2.05, 4.69) is 5.10 Å². The van der Waals surface area contributed by atoms with Crippen LogP contribution in [0.5, 0.6) is 0 Å². The summed E-state index contributed by atoms with van der Waals surface area (Å²) in [5, 5.41) is 4.54. The van der Waals surface area contributed by atoms with Crippen molar-refractivity contribution in [2.24, 2.45) is 5.92 Å². The van der Waals surface area contributed by atoms with Gasteiger partial charge in [0.2, 0.25) is 0 Å². The Morgan fingerprint density at radius 3 is 2.40 bits per heavy atom. The summed E-state index contributed by atoms with van der Waals surface area (Å²) in [5.41, 5.74) is 2.15. The second-order valence-corrected chi connectivity index (χ2v) is 9.37. The molecule has 1 aliphatic carbocycles. The fraction of sp³-hybridized carbons (Fsp3) is 0.765. The molecular weight excluding hydrogens is 340 g/mol. The number of piperidine rings is 1. The molecule has 2 aliphatic heterocycles. The molecule has 2 fully saturated rings. The van der Waals surface area contributed by atoms with Crippen LogP contribution < -0.4 is 5.56 Å². The molecule has 3 heterocycles. The standard InChI is InChI=1S/C17H26N4O3S/c22-17-12-15-4-3-5-16(15)18-21(17)13-14-6-10-20(11-7-14)25(23,24)19-8-1-2-9-19/h12,14H,1-11,13H2. The zero-order valence-electron chi connectivity index (χ0n) is 14.6. The topological polar surface area (TPSA) is 75.5 Å². The summed E-state index contributed by atoms with van der Waals surface area (Å²) in [4.78, 5) is 12.2. The highest BCUT2D eigenvalue weighted by Gasteiger charge is 2.34. The Balaban J connectivity index is 1.39. The van der Waals surface area contributed by atoms with Crippen LogP contribution in [0.2, 0.25) is 0 Å². The highest BCUT2D eigenvalue weighted by atomic mass is 32.2. The summed E-state index contributed by atoms with van der Waals surface area (Å²) in [6.45, 7) is 2.99. The van der Waals surface area contributed by atoms with E-state index in [0.717, 1.165) is 56.2 Å². The number of hydrogen-bond donors (Lipinski definition) is 0. The van der Waals surface area contributed by atoms with Gasteiger partial charge in [0.1, 0.15) is 0 Å². The molecule has 3 aliphatic rings. The Bertz CT molecular complexity index is 791. The van der Waals surface area contributed by atoms with Crippen molar-refractivity contribution in [1.82, 2.24) is 18.4 Å². The van der Waals surface area contributed by atoms with Crippen molar-refractivity contribution in [3.8, 4) is 0 Å². The normalized spacial score (nSPS) is 23.2. The zero-order valence-corrected chi connectivity index (χ0v) is 15.4. The van der Waals surface area contributed by atoms with Gasteiger partial charge in [-0.05, 0) is 56.4 Å². The number of fused-ring (bicyclic) bond motifs is 1. The molecule has 7 nitrogen and oxygen atoms in total. The molecule has 8 heteroatoms. The molecule has 1 aromatic heterocycles. The van der Waals surface area contributed by atoms with Crippen LogP contribution in [0.1, 0.15) is 43.4 Å². The molecule has 0 radical (unpaired) electrons. The molecule has 0 spiro atoms. The van der Waals surface area contributed by atoms with Crippen molar-refractivity contribution in [2.45, 2.75) is 51.5 Å². The van der Waals surface area contributed by atoms with E-state index >= 15 is 0 Å². The lowest BCUT2D eigenvalue weighted by Crippen LogP contribution is -2.46. The third-order valence-corrected chi connectivity index (χ3v) is 7.78. The van der Waals surface area contributed by atoms with Gasteiger partial charge >= 0.3 is 0 Å². The third kappa shape index (κ3) is 3.39. The van der Waals surface area contributed by atoms with Gasteiger partial charge in [0.05, 0.1) is 5.69 Å². The molecule has 0 N–H and O–H groups in total. The highest BCUT2D eigenvalue weighted by Crippen LogP contribution is 2.24. The smallest absolute Gasteiger partial charge is 0.268 e. The lowest BCUT2D eigenvalue weighted by molar-refractivity contribution is 0.234. The molecule has 138 valence electrons. The van der Waals surface area contributed by atoms with Gasteiger partial charge in [-0.25, -0.2) is 4.68 Å². The second-order valence-electron chi connectivity index (χ2n) is 7.45. The summed E-state index contributed by atoms with van der Waals surface area (Å²) < 4.78 is 30.1. The molecule has 4 rings (SSSR count). The van der Waals surface area contributed by atoms with Crippen LogP contribution in [0.4, 0.5) is 0 Å². The summed E-state index contributed by atoms with van der Waals surface area (Å²) in [6.07, 6.45) is 6.51. The van der Waals surface area contributed by atoms with Crippen LogP contribution in [0.3, 0.4) is 0 Å². The maximum Gasteiger partial charge on any atom is 0.281 e. The van der Waals surface area contributed by atoms with E-state index < -0.39 is 10.2 Å². The van der Waals surface area contributed by atoms with Crippen molar-refractivity contribution in [2.75, 3.05) is 26.2 Å². The van der Waals surface area contributed by atoms with Crippen LogP contribution in [-0.4, -0.2) is 53.0 Å². The first-order chi connectivity index (χ1) is 12.0. The minimum absolute atomic E-state index is 0.0206. The molecule has 0 saturated carbocycles. The van der Waals surface area contributed by atoms with E-state index in [1.54, 1.807) is 19.4 Å². The predicted molar refractivity (Wildman–Crippen MR) is 94.5 cm³/mol. The largest absolute Gasteiger partial charge is 0.281 e. The SMILES string of the molecule is O=c1cc2c(nn1CC1CCN(S(=O)(=O)N3CCCC3)CC1)CCC2. The summed E-state index contributed by atoms with van der Waals surface area (Å²) in [5.74, 6) is 0.315. The molecule has 2 saturated heterocycles. The van der Waals surface area contributed by atoms with Gasteiger partial charge in [-0.3, -0.25) is 4.79 Å².